The minimum absolute atomic E-state index is 0.331. The van der Waals surface area contributed by atoms with Crippen molar-refractivity contribution in [3.8, 4) is 0 Å². The molecule has 0 aromatic heterocycles. The molecule has 0 saturated heterocycles. The Kier molecular flexibility index (Phi) is 5.69. The first-order valence-electron chi connectivity index (χ1n) is 6.39. The topological polar surface area (TPSA) is 29.3 Å². The van der Waals surface area contributed by atoms with E-state index in [0.717, 1.165) is 19.2 Å². The molecule has 1 aromatic rings. The van der Waals surface area contributed by atoms with Gasteiger partial charge >= 0.3 is 0 Å². The van der Waals surface area contributed by atoms with Gasteiger partial charge in [-0.1, -0.05) is 6.92 Å². The molecule has 2 N–H and O–H groups in total. The molecule has 0 spiro atoms. The zero-order valence-electron chi connectivity index (χ0n) is 11.3. The molecule has 1 rings (SSSR count). The van der Waals surface area contributed by atoms with Gasteiger partial charge in [0.25, 0.3) is 0 Å². The minimum atomic E-state index is -0.573. The summed E-state index contributed by atoms with van der Waals surface area (Å²) < 4.78 is 26.2. The van der Waals surface area contributed by atoms with Gasteiger partial charge in [0.1, 0.15) is 11.6 Å². The largest absolute Gasteiger partial charge is 0.324 e. The number of halogens is 2. The Morgan fingerprint density at radius 1 is 1.17 bits per heavy atom. The normalized spacial score (nSPS) is 13.3. The molecule has 18 heavy (non-hydrogen) atoms. The molecule has 0 aliphatic rings. The van der Waals surface area contributed by atoms with E-state index in [0.29, 0.717) is 18.0 Å². The van der Waals surface area contributed by atoms with Gasteiger partial charge in [-0.2, -0.15) is 0 Å². The molecule has 1 aromatic carbocycles. The highest BCUT2D eigenvalue weighted by Gasteiger charge is 2.12. The van der Waals surface area contributed by atoms with Crippen molar-refractivity contribution in [2.24, 2.45) is 5.73 Å². The molecular formula is C14H22F2N2. The summed E-state index contributed by atoms with van der Waals surface area (Å²) in [6.07, 6.45) is 0.689. The van der Waals surface area contributed by atoms with Crippen LogP contribution in [0.25, 0.3) is 0 Å². The van der Waals surface area contributed by atoms with Gasteiger partial charge < -0.3 is 10.6 Å². The summed E-state index contributed by atoms with van der Waals surface area (Å²) in [5, 5.41) is 0. The van der Waals surface area contributed by atoms with Crippen LogP contribution in [0.15, 0.2) is 18.2 Å². The molecule has 0 heterocycles. The highest BCUT2D eigenvalue weighted by molar-refractivity contribution is 5.21. The van der Waals surface area contributed by atoms with Gasteiger partial charge in [-0.15, -0.1) is 0 Å². The van der Waals surface area contributed by atoms with Gasteiger partial charge in [0.2, 0.25) is 0 Å². The zero-order chi connectivity index (χ0) is 13.7. The molecule has 2 nitrogen and oxygen atoms in total. The molecule has 0 amide bonds. The lowest BCUT2D eigenvalue weighted by molar-refractivity contribution is 0.225. The Morgan fingerprint density at radius 2 is 1.72 bits per heavy atom. The van der Waals surface area contributed by atoms with Crippen molar-refractivity contribution in [2.75, 3.05) is 13.1 Å². The van der Waals surface area contributed by atoms with Gasteiger partial charge in [-0.05, 0) is 44.5 Å². The first-order chi connectivity index (χ1) is 8.43. The second kappa shape index (κ2) is 6.81. The number of rotatable bonds is 6. The molecule has 4 heteroatoms. The van der Waals surface area contributed by atoms with E-state index in [2.05, 4.69) is 25.7 Å². The number of hydrogen-bond donors (Lipinski definition) is 1. The molecular weight excluding hydrogens is 234 g/mol. The second-order valence-electron chi connectivity index (χ2n) is 4.82. The van der Waals surface area contributed by atoms with Crippen molar-refractivity contribution in [3.05, 3.63) is 35.4 Å². The summed E-state index contributed by atoms with van der Waals surface area (Å²) in [7, 11) is 0. The van der Waals surface area contributed by atoms with Crippen molar-refractivity contribution >= 4 is 0 Å². The third kappa shape index (κ3) is 4.35. The Morgan fingerprint density at radius 3 is 2.17 bits per heavy atom. The lowest BCUT2D eigenvalue weighted by Gasteiger charge is -2.26. The quantitative estimate of drug-likeness (QED) is 0.847. The average molecular weight is 256 g/mol. The maximum atomic E-state index is 13.1. The monoisotopic (exact) mass is 256 g/mol. The van der Waals surface area contributed by atoms with Crippen LogP contribution >= 0.6 is 0 Å². The lowest BCUT2D eigenvalue weighted by atomic mass is 10.0. The van der Waals surface area contributed by atoms with E-state index in [9.17, 15) is 8.78 Å². The van der Waals surface area contributed by atoms with E-state index in [-0.39, 0.29) is 6.04 Å². The van der Waals surface area contributed by atoms with Gasteiger partial charge in [-0.3, -0.25) is 0 Å². The number of hydrogen-bond acceptors (Lipinski definition) is 2. The van der Waals surface area contributed by atoms with Crippen molar-refractivity contribution in [1.29, 1.82) is 0 Å². The van der Waals surface area contributed by atoms with Crippen LogP contribution in [0.5, 0.6) is 0 Å². The standard InChI is InChI=1S/C14H22F2N2/c1-4-18(10(2)3)6-5-14(17)11-7-12(15)9-13(16)8-11/h7-10,14H,4-6,17H2,1-3H3. The lowest BCUT2D eigenvalue weighted by Crippen LogP contribution is -2.33. The summed E-state index contributed by atoms with van der Waals surface area (Å²) in [5.41, 5.74) is 6.50. The molecule has 0 aliphatic heterocycles. The van der Waals surface area contributed by atoms with Gasteiger partial charge in [0.15, 0.2) is 0 Å². The van der Waals surface area contributed by atoms with Crippen LogP contribution in [0.1, 0.15) is 38.8 Å². The summed E-state index contributed by atoms with van der Waals surface area (Å²) in [6.45, 7) is 8.11. The van der Waals surface area contributed by atoms with Crippen LogP contribution in [0.3, 0.4) is 0 Å². The van der Waals surface area contributed by atoms with Gasteiger partial charge in [-0.25, -0.2) is 8.78 Å². The van der Waals surface area contributed by atoms with Crippen LogP contribution in [-0.2, 0) is 0 Å². The summed E-state index contributed by atoms with van der Waals surface area (Å²) in [5.74, 6) is -1.15. The Balaban J connectivity index is 2.62. The van der Waals surface area contributed by atoms with Crippen LogP contribution in [0, 0.1) is 11.6 Å². The molecule has 102 valence electrons. The average Bonchev–Trinajstić information content (AvgIpc) is 2.27. The highest BCUT2D eigenvalue weighted by atomic mass is 19.1. The fourth-order valence-corrected chi connectivity index (χ4v) is 2.04. The maximum Gasteiger partial charge on any atom is 0.126 e. The van der Waals surface area contributed by atoms with Crippen molar-refractivity contribution in [3.63, 3.8) is 0 Å². The highest BCUT2D eigenvalue weighted by Crippen LogP contribution is 2.18. The fraction of sp³-hybridized carbons (Fsp3) is 0.571. The third-order valence-corrected chi connectivity index (χ3v) is 3.18. The number of nitrogens with two attached hydrogens (primary N) is 1. The summed E-state index contributed by atoms with van der Waals surface area (Å²) in [6, 6.07) is 3.59. The second-order valence-corrected chi connectivity index (χ2v) is 4.82. The van der Waals surface area contributed by atoms with Crippen molar-refractivity contribution < 1.29 is 8.78 Å². The Bertz CT molecular complexity index is 360. The first kappa shape index (κ1) is 15.1. The predicted octanol–water partition coefficient (Wildman–Crippen LogP) is 3.09. The van der Waals surface area contributed by atoms with Gasteiger partial charge in [0.05, 0.1) is 0 Å². The van der Waals surface area contributed by atoms with Crippen LogP contribution in [0.2, 0.25) is 0 Å². The van der Waals surface area contributed by atoms with Crippen LogP contribution in [0.4, 0.5) is 8.78 Å². The summed E-state index contributed by atoms with van der Waals surface area (Å²) in [4.78, 5) is 2.27. The van der Waals surface area contributed by atoms with E-state index < -0.39 is 11.6 Å². The predicted molar refractivity (Wildman–Crippen MR) is 70.3 cm³/mol. The first-order valence-corrected chi connectivity index (χ1v) is 6.39. The molecule has 0 radical (unpaired) electrons. The molecule has 1 atom stereocenters. The van der Waals surface area contributed by atoms with E-state index >= 15 is 0 Å². The number of benzene rings is 1. The molecule has 0 fully saturated rings. The molecule has 0 bridgehead atoms. The Labute approximate surface area is 108 Å². The molecule has 1 unspecified atom stereocenters. The zero-order valence-corrected chi connectivity index (χ0v) is 11.3. The number of nitrogens with zero attached hydrogens (tertiary/aromatic N) is 1. The minimum Gasteiger partial charge on any atom is -0.324 e. The van der Waals surface area contributed by atoms with E-state index in [1.54, 1.807) is 0 Å². The smallest absolute Gasteiger partial charge is 0.126 e. The van der Waals surface area contributed by atoms with Crippen molar-refractivity contribution in [1.82, 2.24) is 4.90 Å². The SMILES string of the molecule is CCN(CCC(N)c1cc(F)cc(F)c1)C(C)C. The van der Waals surface area contributed by atoms with Crippen LogP contribution < -0.4 is 5.73 Å². The maximum absolute atomic E-state index is 13.1. The molecule has 0 aliphatic carbocycles. The fourth-order valence-electron chi connectivity index (χ4n) is 2.04. The van der Waals surface area contributed by atoms with E-state index in [1.165, 1.54) is 12.1 Å². The van der Waals surface area contributed by atoms with E-state index in [1.807, 2.05) is 0 Å². The van der Waals surface area contributed by atoms with E-state index in [4.69, 9.17) is 5.73 Å². The molecule has 0 saturated carbocycles. The van der Waals surface area contributed by atoms with Crippen LogP contribution in [-0.4, -0.2) is 24.0 Å². The van der Waals surface area contributed by atoms with Crippen molar-refractivity contribution in [2.45, 2.75) is 39.3 Å². The summed E-state index contributed by atoms with van der Waals surface area (Å²) >= 11 is 0. The third-order valence-electron chi connectivity index (χ3n) is 3.18. The van der Waals surface area contributed by atoms with Gasteiger partial charge in [0, 0.05) is 24.7 Å². The Hall–Kier alpha value is -1.00.